The first kappa shape index (κ1) is 16.4. The van der Waals surface area contributed by atoms with Crippen molar-refractivity contribution in [3.63, 3.8) is 0 Å². The van der Waals surface area contributed by atoms with E-state index in [0.29, 0.717) is 43.0 Å². The Labute approximate surface area is 138 Å². The molecule has 1 N–H and O–H groups in total. The molecular weight excluding hydrogens is 310 g/mol. The van der Waals surface area contributed by atoms with Gasteiger partial charge in [-0.1, -0.05) is 0 Å². The Morgan fingerprint density at radius 3 is 2.96 bits per heavy atom. The van der Waals surface area contributed by atoms with Crippen molar-refractivity contribution in [3.8, 4) is 6.07 Å². The average Bonchev–Trinajstić information content (AvgIpc) is 2.60. The number of hydrogen-bond acceptors (Lipinski definition) is 7. The van der Waals surface area contributed by atoms with E-state index >= 15 is 0 Å². The van der Waals surface area contributed by atoms with Crippen molar-refractivity contribution in [1.82, 2.24) is 14.5 Å². The van der Waals surface area contributed by atoms with Crippen molar-refractivity contribution in [2.24, 2.45) is 7.05 Å². The second-order valence-corrected chi connectivity index (χ2v) is 5.75. The highest BCUT2D eigenvalue weighted by molar-refractivity contribution is 5.86. The van der Waals surface area contributed by atoms with Gasteiger partial charge in [0.2, 0.25) is 0 Å². The van der Waals surface area contributed by atoms with E-state index in [1.807, 2.05) is 17.9 Å². The van der Waals surface area contributed by atoms with Gasteiger partial charge in [-0.2, -0.15) is 10.2 Å². The molecule has 0 amide bonds. The smallest absolute Gasteiger partial charge is 0.349 e. The number of nitriles is 1. The van der Waals surface area contributed by atoms with Crippen molar-refractivity contribution in [2.75, 3.05) is 24.6 Å². The number of piperidine rings is 1. The van der Waals surface area contributed by atoms with Crippen LogP contribution < -0.4 is 10.6 Å². The van der Waals surface area contributed by atoms with E-state index in [0.717, 1.165) is 0 Å². The Balaban J connectivity index is 2.10. The second kappa shape index (κ2) is 6.55. The third-order valence-electron chi connectivity index (χ3n) is 4.25. The van der Waals surface area contributed by atoms with Crippen molar-refractivity contribution in [2.45, 2.75) is 25.6 Å². The van der Waals surface area contributed by atoms with Gasteiger partial charge in [0.25, 0.3) is 0 Å². The summed E-state index contributed by atoms with van der Waals surface area (Å²) >= 11 is 0. The van der Waals surface area contributed by atoms with E-state index in [4.69, 9.17) is 10.00 Å². The number of aliphatic hydroxyl groups is 1. The van der Waals surface area contributed by atoms with E-state index in [9.17, 15) is 9.90 Å². The van der Waals surface area contributed by atoms with E-state index in [1.54, 1.807) is 19.2 Å². The maximum atomic E-state index is 12.2. The third kappa shape index (κ3) is 2.84. The number of aromatic nitrogens is 3. The summed E-state index contributed by atoms with van der Waals surface area (Å²) in [5.41, 5.74) is 0.997. The number of pyridine rings is 1. The lowest BCUT2D eigenvalue weighted by Crippen LogP contribution is -2.49. The van der Waals surface area contributed by atoms with Gasteiger partial charge in [-0.15, -0.1) is 0 Å². The van der Waals surface area contributed by atoms with Gasteiger partial charge in [0.15, 0.2) is 5.82 Å². The Hall–Kier alpha value is -2.50. The molecule has 0 bridgehead atoms. The van der Waals surface area contributed by atoms with Gasteiger partial charge in [-0.3, -0.25) is 4.57 Å². The van der Waals surface area contributed by atoms with Crippen molar-refractivity contribution in [1.29, 1.82) is 5.26 Å². The number of aliphatic hydroxyl groups excluding tert-OH is 1. The molecule has 3 rings (SSSR count). The van der Waals surface area contributed by atoms with Crippen LogP contribution in [0.4, 0.5) is 5.82 Å². The lowest BCUT2D eigenvalue weighted by Gasteiger charge is -2.36. The number of ether oxygens (including phenoxy) is 1. The van der Waals surface area contributed by atoms with Gasteiger partial charge >= 0.3 is 5.69 Å². The van der Waals surface area contributed by atoms with Crippen LogP contribution in [0.3, 0.4) is 0 Å². The van der Waals surface area contributed by atoms with Crippen LogP contribution in [0.1, 0.15) is 19.0 Å². The summed E-state index contributed by atoms with van der Waals surface area (Å²) in [4.78, 5) is 22.5. The number of fused-ring (bicyclic) bond motifs is 1. The summed E-state index contributed by atoms with van der Waals surface area (Å²) in [5, 5.41) is 19.2. The van der Waals surface area contributed by atoms with Crippen LogP contribution in [0.2, 0.25) is 0 Å². The molecule has 1 saturated heterocycles. The zero-order valence-corrected chi connectivity index (χ0v) is 13.6. The zero-order chi connectivity index (χ0) is 17.3. The standard InChI is InChI=1S/C16H19N5O3/c1-3-24-13-9-21(7-6-12(13)22)15-14-11(20(2)16(23)19-15)5-4-10(8-17)18-14/h4-5,12-13,22H,3,6-7,9H2,1-2H3/t12-,13+/m0/s1. The minimum Gasteiger partial charge on any atom is -0.390 e. The highest BCUT2D eigenvalue weighted by atomic mass is 16.5. The van der Waals surface area contributed by atoms with Gasteiger partial charge in [0.05, 0.1) is 11.6 Å². The molecule has 0 spiro atoms. The second-order valence-electron chi connectivity index (χ2n) is 5.75. The van der Waals surface area contributed by atoms with E-state index in [1.165, 1.54) is 4.57 Å². The third-order valence-corrected chi connectivity index (χ3v) is 4.25. The molecule has 0 aromatic carbocycles. The van der Waals surface area contributed by atoms with Gasteiger partial charge in [-0.05, 0) is 25.5 Å². The monoisotopic (exact) mass is 329 g/mol. The molecule has 24 heavy (non-hydrogen) atoms. The minimum atomic E-state index is -0.540. The summed E-state index contributed by atoms with van der Waals surface area (Å²) in [7, 11) is 1.62. The Kier molecular flexibility index (Phi) is 4.46. The lowest BCUT2D eigenvalue weighted by molar-refractivity contribution is -0.0399. The van der Waals surface area contributed by atoms with Gasteiger partial charge < -0.3 is 14.7 Å². The average molecular weight is 329 g/mol. The first-order valence-corrected chi connectivity index (χ1v) is 7.87. The summed E-state index contributed by atoms with van der Waals surface area (Å²) in [6, 6.07) is 5.29. The molecule has 2 atom stereocenters. The molecule has 0 radical (unpaired) electrons. The van der Waals surface area contributed by atoms with Gasteiger partial charge in [-0.25, -0.2) is 9.78 Å². The maximum absolute atomic E-state index is 12.2. The van der Waals surface area contributed by atoms with Crippen LogP contribution in [0.15, 0.2) is 16.9 Å². The molecule has 3 heterocycles. The molecular formula is C16H19N5O3. The first-order chi connectivity index (χ1) is 11.5. The van der Waals surface area contributed by atoms with Crippen molar-refractivity contribution >= 4 is 16.9 Å². The van der Waals surface area contributed by atoms with Crippen LogP contribution in [0.25, 0.3) is 11.0 Å². The molecule has 8 heteroatoms. The molecule has 2 aromatic rings. The summed E-state index contributed by atoms with van der Waals surface area (Å²) in [6.07, 6.45) is -0.369. The molecule has 0 saturated carbocycles. The Morgan fingerprint density at radius 2 is 2.25 bits per heavy atom. The molecule has 0 unspecified atom stereocenters. The summed E-state index contributed by atoms with van der Waals surface area (Å²) in [5.74, 6) is 0.432. The molecule has 1 aliphatic heterocycles. The number of anilines is 1. The predicted octanol–water partition coefficient (Wildman–Crippen LogP) is 0.176. The number of nitrogens with zero attached hydrogens (tertiary/aromatic N) is 5. The zero-order valence-electron chi connectivity index (χ0n) is 13.6. The van der Waals surface area contributed by atoms with Crippen molar-refractivity contribution in [3.05, 3.63) is 28.3 Å². The van der Waals surface area contributed by atoms with Crippen molar-refractivity contribution < 1.29 is 9.84 Å². The molecule has 1 fully saturated rings. The van der Waals surface area contributed by atoms with Crippen LogP contribution in [0.5, 0.6) is 0 Å². The normalized spacial score (nSPS) is 21.0. The van der Waals surface area contributed by atoms with Crippen LogP contribution in [-0.2, 0) is 11.8 Å². The highest BCUT2D eigenvalue weighted by Gasteiger charge is 2.30. The summed E-state index contributed by atoms with van der Waals surface area (Å²) < 4.78 is 6.99. The highest BCUT2D eigenvalue weighted by Crippen LogP contribution is 2.25. The van der Waals surface area contributed by atoms with Crippen LogP contribution >= 0.6 is 0 Å². The fraction of sp³-hybridized carbons (Fsp3) is 0.500. The SMILES string of the molecule is CCO[C@@H]1CN(c2nc(=O)n(C)c3ccc(C#N)nc23)CC[C@@H]1O. The number of aryl methyl sites for hydroxylation is 1. The Bertz CT molecular complexity index is 857. The topological polar surface area (TPSA) is 104 Å². The van der Waals surface area contributed by atoms with Gasteiger partial charge in [0, 0.05) is 26.7 Å². The molecule has 2 aromatic heterocycles. The maximum Gasteiger partial charge on any atom is 0.349 e. The number of rotatable bonds is 3. The Morgan fingerprint density at radius 1 is 1.46 bits per heavy atom. The quantitative estimate of drug-likeness (QED) is 0.856. The molecule has 126 valence electrons. The molecule has 0 aliphatic carbocycles. The fourth-order valence-corrected chi connectivity index (χ4v) is 2.97. The van der Waals surface area contributed by atoms with Gasteiger partial charge in [0.1, 0.15) is 23.4 Å². The minimum absolute atomic E-state index is 0.266. The number of hydrogen-bond donors (Lipinski definition) is 1. The van der Waals surface area contributed by atoms with Crippen LogP contribution in [0, 0.1) is 11.3 Å². The molecule has 8 nitrogen and oxygen atoms in total. The lowest BCUT2D eigenvalue weighted by atomic mass is 10.0. The summed E-state index contributed by atoms with van der Waals surface area (Å²) in [6.45, 7) is 3.33. The van der Waals surface area contributed by atoms with E-state index in [2.05, 4.69) is 9.97 Å². The van der Waals surface area contributed by atoms with E-state index in [-0.39, 0.29) is 17.5 Å². The molecule has 1 aliphatic rings. The first-order valence-electron chi connectivity index (χ1n) is 7.87. The fourth-order valence-electron chi connectivity index (χ4n) is 2.97. The van der Waals surface area contributed by atoms with Crippen LogP contribution in [-0.4, -0.2) is 51.5 Å². The largest absolute Gasteiger partial charge is 0.390 e. The van der Waals surface area contributed by atoms with E-state index < -0.39 is 6.10 Å². The predicted molar refractivity (Wildman–Crippen MR) is 87.7 cm³/mol.